The predicted octanol–water partition coefficient (Wildman–Crippen LogP) is 2.73. The topological polar surface area (TPSA) is 55.8 Å². The van der Waals surface area contributed by atoms with E-state index in [0.717, 1.165) is 41.0 Å². The second-order valence-electron chi connectivity index (χ2n) is 5.28. The maximum atomic E-state index is 11.3. The Balaban J connectivity index is 2.44. The highest BCUT2D eigenvalue weighted by Gasteiger charge is 2.50. The second-order valence-corrected chi connectivity index (χ2v) is 5.28. The third kappa shape index (κ3) is 2.27. The lowest BCUT2D eigenvalue weighted by atomic mass is 9.92. The smallest absolute Gasteiger partial charge is 0.309 e. The third-order valence-electron chi connectivity index (χ3n) is 4.13. The van der Waals surface area contributed by atoms with E-state index in [1.807, 2.05) is 19.9 Å². The van der Waals surface area contributed by atoms with Crippen LogP contribution < -0.4 is 9.47 Å². The van der Waals surface area contributed by atoms with Crippen LogP contribution in [0.1, 0.15) is 29.5 Å². The van der Waals surface area contributed by atoms with Crippen LogP contribution in [0, 0.1) is 19.3 Å². The van der Waals surface area contributed by atoms with Crippen molar-refractivity contribution in [2.24, 2.45) is 5.41 Å². The van der Waals surface area contributed by atoms with Crippen LogP contribution in [0.5, 0.6) is 11.5 Å². The Hall–Kier alpha value is -1.71. The van der Waals surface area contributed by atoms with Crippen LogP contribution in [-0.4, -0.2) is 25.3 Å². The Bertz CT molecular complexity index is 515. The first kappa shape index (κ1) is 13.7. The number of carboxylic acid groups (broad SMARTS) is 1. The van der Waals surface area contributed by atoms with Gasteiger partial charge in [0.25, 0.3) is 0 Å². The number of carboxylic acids is 1. The third-order valence-corrected chi connectivity index (χ3v) is 4.13. The molecule has 0 radical (unpaired) electrons. The van der Waals surface area contributed by atoms with Gasteiger partial charge < -0.3 is 14.6 Å². The molecule has 1 aromatic rings. The van der Waals surface area contributed by atoms with E-state index in [1.165, 1.54) is 0 Å². The molecule has 0 unspecified atom stereocenters. The molecule has 1 aromatic carbocycles. The molecule has 1 N–H and O–H groups in total. The molecule has 0 spiro atoms. The van der Waals surface area contributed by atoms with Gasteiger partial charge in [0.1, 0.15) is 11.5 Å². The fourth-order valence-corrected chi connectivity index (χ4v) is 2.54. The summed E-state index contributed by atoms with van der Waals surface area (Å²) in [7, 11) is 3.25. The lowest BCUT2D eigenvalue weighted by Gasteiger charge is -2.19. The lowest BCUT2D eigenvalue weighted by Crippen LogP contribution is -2.18. The van der Waals surface area contributed by atoms with E-state index < -0.39 is 11.4 Å². The molecular weight excluding hydrogens is 244 g/mol. The highest BCUT2D eigenvalue weighted by Crippen LogP contribution is 2.50. The van der Waals surface area contributed by atoms with Crippen LogP contribution in [0.25, 0.3) is 0 Å². The Kier molecular flexibility index (Phi) is 3.43. The normalized spacial score (nSPS) is 16.0. The lowest BCUT2D eigenvalue weighted by molar-refractivity contribution is -0.143. The number of hydrogen-bond acceptors (Lipinski definition) is 3. The number of ether oxygens (including phenoxy) is 2. The molecule has 0 aliphatic heterocycles. The largest absolute Gasteiger partial charge is 0.496 e. The number of aliphatic carboxylic acids is 1. The van der Waals surface area contributed by atoms with E-state index in [1.54, 1.807) is 14.2 Å². The molecule has 1 aliphatic carbocycles. The standard InChI is InChI=1S/C15H20O4/c1-9-10(2)13(19-4)11(7-12(9)18-3)8-15(5-6-15)14(16)17/h7H,5-6,8H2,1-4H3,(H,16,17). The average molecular weight is 264 g/mol. The molecule has 0 aromatic heterocycles. The second kappa shape index (κ2) is 4.76. The van der Waals surface area contributed by atoms with Gasteiger partial charge in [0.2, 0.25) is 0 Å². The van der Waals surface area contributed by atoms with Crippen molar-refractivity contribution in [3.63, 3.8) is 0 Å². The first-order valence-corrected chi connectivity index (χ1v) is 6.39. The molecule has 19 heavy (non-hydrogen) atoms. The van der Waals surface area contributed by atoms with Gasteiger partial charge in [-0.25, -0.2) is 0 Å². The van der Waals surface area contributed by atoms with Crippen molar-refractivity contribution < 1.29 is 19.4 Å². The van der Waals surface area contributed by atoms with E-state index >= 15 is 0 Å². The van der Waals surface area contributed by atoms with Crippen molar-refractivity contribution in [1.29, 1.82) is 0 Å². The summed E-state index contributed by atoms with van der Waals surface area (Å²) in [5.41, 5.74) is 2.36. The van der Waals surface area contributed by atoms with Crippen molar-refractivity contribution in [3.05, 3.63) is 22.8 Å². The molecule has 1 fully saturated rings. The van der Waals surface area contributed by atoms with Crippen molar-refractivity contribution in [1.82, 2.24) is 0 Å². The number of rotatable bonds is 5. The molecule has 0 atom stereocenters. The van der Waals surface area contributed by atoms with Crippen molar-refractivity contribution in [2.75, 3.05) is 14.2 Å². The number of benzene rings is 1. The van der Waals surface area contributed by atoms with E-state index in [0.29, 0.717) is 6.42 Å². The van der Waals surface area contributed by atoms with Gasteiger partial charge in [-0.2, -0.15) is 0 Å². The highest BCUT2D eigenvalue weighted by molar-refractivity contribution is 5.78. The van der Waals surface area contributed by atoms with E-state index in [-0.39, 0.29) is 0 Å². The number of methoxy groups -OCH3 is 2. The summed E-state index contributed by atoms with van der Waals surface area (Å²) in [5.74, 6) is 0.854. The number of carbonyl (C=O) groups is 1. The molecule has 104 valence electrons. The Morgan fingerprint density at radius 3 is 2.32 bits per heavy atom. The minimum Gasteiger partial charge on any atom is -0.496 e. The first-order valence-electron chi connectivity index (χ1n) is 6.39. The SMILES string of the molecule is COc1cc(CC2(C(=O)O)CC2)c(OC)c(C)c1C. The molecule has 4 nitrogen and oxygen atoms in total. The van der Waals surface area contributed by atoms with Crippen LogP contribution in [0.4, 0.5) is 0 Å². The van der Waals surface area contributed by atoms with Crippen LogP contribution in [0.3, 0.4) is 0 Å². The van der Waals surface area contributed by atoms with Crippen LogP contribution in [0.15, 0.2) is 6.07 Å². The molecule has 1 saturated carbocycles. The summed E-state index contributed by atoms with van der Waals surface area (Å²) >= 11 is 0. The maximum Gasteiger partial charge on any atom is 0.309 e. The monoisotopic (exact) mass is 264 g/mol. The zero-order chi connectivity index (χ0) is 14.2. The molecule has 0 amide bonds. The zero-order valence-corrected chi connectivity index (χ0v) is 11.9. The highest BCUT2D eigenvalue weighted by atomic mass is 16.5. The van der Waals surface area contributed by atoms with Crippen LogP contribution in [0.2, 0.25) is 0 Å². The summed E-state index contributed by atoms with van der Waals surface area (Å²) in [4.78, 5) is 11.3. The van der Waals surface area contributed by atoms with Crippen LogP contribution >= 0.6 is 0 Å². The van der Waals surface area contributed by atoms with Gasteiger partial charge in [0.15, 0.2) is 0 Å². The Morgan fingerprint density at radius 2 is 1.89 bits per heavy atom. The summed E-state index contributed by atoms with van der Waals surface area (Å²) in [6, 6.07) is 1.91. The molecule has 0 bridgehead atoms. The van der Waals surface area contributed by atoms with Gasteiger partial charge >= 0.3 is 5.97 Å². The maximum absolute atomic E-state index is 11.3. The number of hydrogen-bond donors (Lipinski definition) is 1. The Labute approximate surface area is 113 Å². The van der Waals surface area contributed by atoms with Gasteiger partial charge in [-0.05, 0) is 55.9 Å². The van der Waals surface area contributed by atoms with Gasteiger partial charge in [0, 0.05) is 0 Å². The predicted molar refractivity (Wildman–Crippen MR) is 72.0 cm³/mol. The molecule has 2 rings (SSSR count). The molecule has 4 heteroatoms. The molecule has 0 heterocycles. The minimum atomic E-state index is -0.716. The summed E-state index contributed by atoms with van der Waals surface area (Å²) in [5, 5.41) is 9.31. The van der Waals surface area contributed by atoms with Gasteiger partial charge in [0.05, 0.1) is 19.6 Å². The van der Waals surface area contributed by atoms with Crippen molar-refractivity contribution in [2.45, 2.75) is 33.1 Å². The minimum absolute atomic E-state index is 0.503. The van der Waals surface area contributed by atoms with E-state index in [4.69, 9.17) is 9.47 Å². The van der Waals surface area contributed by atoms with Crippen LogP contribution in [-0.2, 0) is 11.2 Å². The van der Waals surface area contributed by atoms with Crippen molar-refractivity contribution in [3.8, 4) is 11.5 Å². The average Bonchev–Trinajstić information content (AvgIpc) is 3.15. The quantitative estimate of drug-likeness (QED) is 0.888. The summed E-state index contributed by atoms with van der Waals surface area (Å²) in [6.07, 6.45) is 1.98. The molecule has 1 aliphatic rings. The van der Waals surface area contributed by atoms with E-state index in [2.05, 4.69) is 0 Å². The Morgan fingerprint density at radius 1 is 1.26 bits per heavy atom. The van der Waals surface area contributed by atoms with Gasteiger partial charge in [-0.3, -0.25) is 4.79 Å². The summed E-state index contributed by atoms with van der Waals surface area (Å²) < 4.78 is 10.8. The van der Waals surface area contributed by atoms with Crippen molar-refractivity contribution >= 4 is 5.97 Å². The zero-order valence-electron chi connectivity index (χ0n) is 11.9. The fourth-order valence-electron chi connectivity index (χ4n) is 2.54. The van der Waals surface area contributed by atoms with E-state index in [9.17, 15) is 9.90 Å². The van der Waals surface area contributed by atoms with Gasteiger partial charge in [-0.15, -0.1) is 0 Å². The molecule has 0 saturated heterocycles. The van der Waals surface area contributed by atoms with Gasteiger partial charge in [-0.1, -0.05) is 0 Å². The fraction of sp³-hybridized carbons (Fsp3) is 0.533. The summed E-state index contributed by atoms with van der Waals surface area (Å²) in [6.45, 7) is 3.95. The molecular formula is C15H20O4. The first-order chi connectivity index (χ1) is 8.95.